The molecule has 0 unspecified atom stereocenters. The van der Waals surface area contributed by atoms with Crippen LogP contribution in [0.25, 0.3) is 0 Å². The van der Waals surface area contributed by atoms with Crippen LogP contribution in [0, 0.1) is 0 Å². The maximum absolute atomic E-state index is 11.7. The zero-order valence-electron chi connectivity index (χ0n) is 12.0. The quantitative estimate of drug-likeness (QED) is 0.400. The van der Waals surface area contributed by atoms with Gasteiger partial charge < -0.3 is 9.42 Å². The average molecular weight is 283 g/mol. The Balaban J connectivity index is 2.67. The number of nitrogen functional groups attached to an aromatic ring is 1. The number of hydrogen-bond donors (Lipinski definition) is 2. The highest BCUT2D eigenvalue weighted by Gasteiger charge is 2.16. The normalized spacial score (nSPS) is 10.7. The first-order valence-electron chi connectivity index (χ1n) is 6.37. The van der Waals surface area contributed by atoms with Gasteiger partial charge in [-0.15, -0.1) is 0 Å². The molecule has 0 aromatic carbocycles. The van der Waals surface area contributed by atoms with Gasteiger partial charge in [-0.25, -0.2) is 5.84 Å². The van der Waals surface area contributed by atoms with E-state index in [2.05, 4.69) is 5.16 Å². The minimum Gasteiger partial charge on any atom is -0.359 e. The summed E-state index contributed by atoms with van der Waals surface area (Å²) in [6.07, 6.45) is 0.908. The largest absolute Gasteiger partial charge is 0.359 e. The molecule has 0 radical (unpaired) electrons. The first kappa shape index (κ1) is 16.1. The van der Waals surface area contributed by atoms with E-state index in [-0.39, 0.29) is 11.6 Å². The zero-order chi connectivity index (χ0) is 15.1. The highest BCUT2D eigenvalue weighted by molar-refractivity contribution is 5.91. The molecule has 0 spiro atoms. The van der Waals surface area contributed by atoms with Crippen molar-refractivity contribution in [3.05, 3.63) is 17.5 Å². The lowest BCUT2D eigenvalue weighted by molar-refractivity contribution is -0.130. The topological polar surface area (TPSA) is 105 Å². The summed E-state index contributed by atoms with van der Waals surface area (Å²) < 4.78 is 5.07. The number of likely N-dealkylation sites (N-methyl/N-ethyl adjacent to an activating group) is 1. The van der Waals surface area contributed by atoms with Crippen molar-refractivity contribution in [3.63, 3.8) is 0 Å². The van der Waals surface area contributed by atoms with Gasteiger partial charge in [0.1, 0.15) is 0 Å². The Morgan fingerprint density at radius 3 is 2.70 bits per heavy atom. The van der Waals surface area contributed by atoms with Crippen molar-refractivity contribution in [2.45, 2.75) is 19.9 Å². The van der Waals surface area contributed by atoms with Crippen molar-refractivity contribution in [2.24, 2.45) is 5.84 Å². The van der Waals surface area contributed by atoms with Crippen LogP contribution in [-0.2, 0) is 11.3 Å². The monoisotopic (exact) mass is 283 g/mol. The second-order valence-corrected chi connectivity index (χ2v) is 4.65. The number of nitrogens with zero attached hydrogens (tertiary/aromatic N) is 3. The van der Waals surface area contributed by atoms with Crippen molar-refractivity contribution in [2.75, 3.05) is 27.2 Å². The summed E-state index contributed by atoms with van der Waals surface area (Å²) in [6.45, 7) is 3.48. The highest BCUT2D eigenvalue weighted by Crippen LogP contribution is 2.08. The molecule has 0 saturated carbocycles. The fraction of sp³-hybridized carbons (Fsp3) is 0.583. The number of rotatable bonds is 7. The Labute approximate surface area is 117 Å². The van der Waals surface area contributed by atoms with Gasteiger partial charge in [-0.05, 0) is 13.0 Å². The van der Waals surface area contributed by atoms with Crippen LogP contribution in [0.5, 0.6) is 0 Å². The Morgan fingerprint density at radius 2 is 2.15 bits per heavy atom. The minimum atomic E-state index is -0.508. The van der Waals surface area contributed by atoms with Gasteiger partial charge in [0.2, 0.25) is 5.91 Å². The molecule has 112 valence electrons. The summed E-state index contributed by atoms with van der Waals surface area (Å²) in [7, 11) is 3.43. The van der Waals surface area contributed by atoms with Crippen molar-refractivity contribution in [1.29, 1.82) is 0 Å². The third-order valence-electron chi connectivity index (χ3n) is 2.70. The Hall–Kier alpha value is -1.93. The predicted molar refractivity (Wildman–Crippen MR) is 72.4 cm³/mol. The van der Waals surface area contributed by atoms with Gasteiger partial charge in [0.15, 0.2) is 11.5 Å². The predicted octanol–water partition coefficient (Wildman–Crippen LogP) is -0.422. The van der Waals surface area contributed by atoms with E-state index in [4.69, 9.17) is 10.4 Å². The fourth-order valence-corrected chi connectivity index (χ4v) is 1.65. The lowest BCUT2D eigenvalue weighted by atomic mass is 10.3. The standard InChI is InChI=1S/C12H21N5O3/c1-4-5-17(8-11(18)16(2)3)7-9-6-10(15-20-9)12(19)14-13/h6H,4-5,7-8,13H2,1-3H3,(H,14,19). The molecule has 0 aliphatic rings. The smallest absolute Gasteiger partial charge is 0.287 e. The highest BCUT2D eigenvalue weighted by atomic mass is 16.5. The van der Waals surface area contributed by atoms with Crippen LogP contribution in [0.3, 0.4) is 0 Å². The molecule has 20 heavy (non-hydrogen) atoms. The van der Waals surface area contributed by atoms with Gasteiger partial charge in [0.25, 0.3) is 5.91 Å². The number of nitrogens with two attached hydrogens (primary N) is 1. The molecule has 8 nitrogen and oxygen atoms in total. The summed E-state index contributed by atoms with van der Waals surface area (Å²) >= 11 is 0. The van der Waals surface area contributed by atoms with Crippen LogP contribution in [0.4, 0.5) is 0 Å². The van der Waals surface area contributed by atoms with E-state index in [1.807, 2.05) is 17.2 Å². The Morgan fingerprint density at radius 1 is 1.45 bits per heavy atom. The maximum atomic E-state index is 11.7. The molecular weight excluding hydrogens is 262 g/mol. The molecule has 0 saturated heterocycles. The van der Waals surface area contributed by atoms with Gasteiger partial charge in [-0.1, -0.05) is 12.1 Å². The molecule has 0 atom stereocenters. The third kappa shape index (κ3) is 4.63. The van der Waals surface area contributed by atoms with Crippen LogP contribution >= 0.6 is 0 Å². The molecule has 0 aliphatic heterocycles. The summed E-state index contributed by atoms with van der Waals surface area (Å²) in [5.74, 6) is 5.04. The minimum absolute atomic E-state index is 0.0119. The second kappa shape index (κ2) is 7.61. The summed E-state index contributed by atoms with van der Waals surface area (Å²) in [5.41, 5.74) is 2.11. The Kier molecular flexibility index (Phi) is 6.13. The molecule has 2 amide bonds. The summed E-state index contributed by atoms with van der Waals surface area (Å²) in [4.78, 5) is 26.5. The molecule has 1 aromatic rings. The van der Waals surface area contributed by atoms with E-state index in [0.717, 1.165) is 13.0 Å². The van der Waals surface area contributed by atoms with Crippen molar-refractivity contribution in [1.82, 2.24) is 20.4 Å². The van der Waals surface area contributed by atoms with E-state index >= 15 is 0 Å². The second-order valence-electron chi connectivity index (χ2n) is 4.65. The lowest BCUT2D eigenvalue weighted by Crippen LogP contribution is -2.36. The van der Waals surface area contributed by atoms with Gasteiger partial charge in [-0.3, -0.25) is 19.9 Å². The van der Waals surface area contributed by atoms with E-state index in [9.17, 15) is 9.59 Å². The molecular formula is C12H21N5O3. The molecule has 0 fully saturated rings. The van der Waals surface area contributed by atoms with Crippen LogP contribution < -0.4 is 11.3 Å². The number of hydrazine groups is 1. The number of carbonyl (C=O) groups excluding carboxylic acids is 2. The van der Waals surface area contributed by atoms with Gasteiger partial charge in [0, 0.05) is 20.2 Å². The van der Waals surface area contributed by atoms with Gasteiger partial charge in [0.05, 0.1) is 13.1 Å². The SMILES string of the molecule is CCCN(CC(=O)N(C)C)Cc1cc(C(=O)NN)no1. The van der Waals surface area contributed by atoms with Gasteiger partial charge in [-0.2, -0.15) is 0 Å². The first-order valence-corrected chi connectivity index (χ1v) is 6.37. The lowest BCUT2D eigenvalue weighted by Gasteiger charge is -2.21. The van der Waals surface area contributed by atoms with Crippen LogP contribution in [-0.4, -0.2) is 54.0 Å². The van der Waals surface area contributed by atoms with Crippen LogP contribution in [0.15, 0.2) is 10.6 Å². The van der Waals surface area contributed by atoms with E-state index in [1.54, 1.807) is 14.1 Å². The molecule has 1 rings (SSSR count). The summed E-state index contributed by atoms with van der Waals surface area (Å²) in [6, 6.07) is 1.52. The molecule has 0 bridgehead atoms. The number of carbonyl (C=O) groups is 2. The average Bonchev–Trinajstić information content (AvgIpc) is 2.86. The number of hydrogen-bond acceptors (Lipinski definition) is 6. The fourth-order valence-electron chi connectivity index (χ4n) is 1.65. The first-order chi connectivity index (χ1) is 9.47. The Bertz CT molecular complexity index is 458. The number of aromatic nitrogens is 1. The number of nitrogens with one attached hydrogen (secondary N) is 1. The molecule has 8 heteroatoms. The van der Waals surface area contributed by atoms with E-state index in [0.29, 0.717) is 18.8 Å². The van der Waals surface area contributed by atoms with E-state index < -0.39 is 5.91 Å². The molecule has 0 aliphatic carbocycles. The summed E-state index contributed by atoms with van der Waals surface area (Å²) in [5, 5.41) is 3.63. The molecule has 3 N–H and O–H groups in total. The van der Waals surface area contributed by atoms with Crippen molar-refractivity contribution >= 4 is 11.8 Å². The van der Waals surface area contributed by atoms with Crippen molar-refractivity contribution in [3.8, 4) is 0 Å². The van der Waals surface area contributed by atoms with E-state index in [1.165, 1.54) is 11.0 Å². The number of amides is 2. The molecule has 1 aromatic heterocycles. The molecule has 1 heterocycles. The van der Waals surface area contributed by atoms with Crippen molar-refractivity contribution < 1.29 is 14.1 Å². The third-order valence-corrected chi connectivity index (χ3v) is 2.70. The maximum Gasteiger partial charge on any atom is 0.287 e. The van der Waals surface area contributed by atoms with Gasteiger partial charge >= 0.3 is 0 Å². The van der Waals surface area contributed by atoms with Crippen LogP contribution in [0.2, 0.25) is 0 Å². The van der Waals surface area contributed by atoms with Crippen LogP contribution in [0.1, 0.15) is 29.6 Å². The zero-order valence-corrected chi connectivity index (χ0v) is 12.0.